The van der Waals surface area contributed by atoms with E-state index in [1.807, 2.05) is 37.3 Å². The molecule has 1 aromatic carbocycles. The number of benzene rings is 1. The van der Waals surface area contributed by atoms with Gasteiger partial charge in [-0.25, -0.2) is 9.78 Å². The summed E-state index contributed by atoms with van der Waals surface area (Å²) >= 11 is 1.41. The Morgan fingerprint density at radius 2 is 2.15 bits per heavy atom. The van der Waals surface area contributed by atoms with E-state index < -0.39 is 5.97 Å². The Hall–Kier alpha value is -3.06. The maximum Gasteiger partial charge on any atom is 0.358 e. The number of carbonyl (C=O) groups excluding carboxylic acids is 1. The highest BCUT2D eigenvalue weighted by molar-refractivity contribution is 7.18. The van der Waals surface area contributed by atoms with E-state index in [-0.39, 0.29) is 0 Å². The van der Waals surface area contributed by atoms with Crippen LogP contribution in [0.25, 0.3) is 32.0 Å². The molecular weight excluding hydrogens is 348 g/mol. The lowest BCUT2D eigenvalue weighted by Gasteiger charge is -2.01. The fraction of sp³-hybridized carbons (Fsp3) is 0.158. The zero-order valence-electron chi connectivity index (χ0n) is 14.3. The van der Waals surface area contributed by atoms with Gasteiger partial charge in [0, 0.05) is 23.3 Å². The number of fused-ring (bicyclic) bond motifs is 1. The highest BCUT2D eigenvalue weighted by Gasteiger charge is 2.23. The Balaban J connectivity index is 1.90. The first-order chi connectivity index (χ1) is 12.7. The van der Waals surface area contributed by atoms with Gasteiger partial charge < -0.3 is 4.74 Å². The molecule has 0 aliphatic rings. The summed E-state index contributed by atoms with van der Waals surface area (Å²) in [4.78, 5) is 21.9. The molecular formula is C19H16N4O2S. The Kier molecular flexibility index (Phi) is 4.22. The molecule has 7 heteroatoms. The normalized spacial score (nSPS) is 11.0. The predicted molar refractivity (Wildman–Crippen MR) is 101 cm³/mol. The van der Waals surface area contributed by atoms with Crippen LogP contribution < -0.4 is 0 Å². The van der Waals surface area contributed by atoms with Crippen molar-refractivity contribution in [2.75, 3.05) is 6.61 Å². The van der Waals surface area contributed by atoms with E-state index in [9.17, 15) is 4.79 Å². The number of thiazole rings is 1. The molecule has 3 heterocycles. The fourth-order valence-corrected chi connectivity index (χ4v) is 3.85. The van der Waals surface area contributed by atoms with E-state index in [1.54, 1.807) is 19.3 Å². The number of carbonyl (C=O) groups is 1. The first-order valence-electron chi connectivity index (χ1n) is 8.21. The monoisotopic (exact) mass is 364 g/mol. The zero-order chi connectivity index (χ0) is 18.1. The van der Waals surface area contributed by atoms with Crippen LogP contribution >= 0.6 is 11.3 Å². The van der Waals surface area contributed by atoms with Crippen LogP contribution in [0.15, 0.2) is 42.7 Å². The van der Waals surface area contributed by atoms with Crippen LogP contribution in [0.5, 0.6) is 0 Å². The summed E-state index contributed by atoms with van der Waals surface area (Å²) in [6.07, 6.45) is 3.41. The van der Waals surface area contributed by atoms with Crippen molar-refractivity contribution >= 4 is 28.2 Å². The Morgan fingerprint density at radius 1 is 1.27 bits per heavy atom. The van der Waals surface area contributed by atoms with Crippen molar-refractivity contribution in [3.8, 4) is 21.1 Å². The molecule has 0 saturated carbocycles. The first-order valence-corrected chi connectivity index (χ1v) is 9.03. The molecule has 0 saturated heterocycles. The maximum atomic E-state index is 12.4. The van der Waals surface area contributed by atoms with Crippen LogP contribution in [-0.4, -0.2) is 32.7 Å². The lowest BCUT2D eigenvalue weighted by Crippen LogP contribution is -2.06. The second-order valence-corrected chi connectivity index (χ2v) is 6.73. The van der Waals surface area contributed by atoms with E-state index >= 15 is 0 Å². The molecule has 130 valence electrons. The molecule has 0 amide bonds. The van der Waals surface area contributed by atoms with Gasteiger partial charge in [-0.05, 0) is 25.5 Å². The smallest absolute Gasteiger partial charge is 0.358 e. The van der Waals surface area contributed by atoms with Gasteiger partial charge in [-0.2, -0.15) is 5.10 Å². The number of pyridine rings is 1. The summed E-state index contributed by atoms with van der Waals surface area (Å²) in [6.45, 7) is 4.10. The molecule has 0 atom stereocenters. The van der Waals surface area contributed by atoms with Crippen molar-refractivity contribution in [1.82, 2.24) is 20.2 Å². The maximum absolute atomic E-state index is 12.4. The van der Waals surface area contributed by atoms with Gasteiger partial charge in [0.1, 0.15) is 10.7 Å². The third-order valence-electron chi connectivity index (χ3n) is 4.03. The number of ether oxygens (including phenoxy) is 1. The van der Waals surface area contributed by atoms with E-state index in [0.29, 0.717) is 17.3 Å². The lowest BCUT2D eigenvalue weighted by atomic mass is 10.1. The number of hydrogen-bond donors (Lipinski definition) is 1. The second-order valence-electron chi connectivity index (χ2n) is 5.73. The number of esters is 1. The summed E-state index contributed by atoms with van der Waals surface area (Å²) in [6, 6.07) is 9.74. The van der Waals surface area contributed by atoms with Crippen LogP contribution in [-0.2, 0) is 4.74 Å². The van der Waals surface area contributed by atoms with Crippen LogP contribution in [0, 0.1) is 6.92 Å². The molecule has 4 aromatic rings. The Labute approximate surface area is 153 Å². The third kappa shape index (κ3) is 2.76. The van der Waals surface area contributed by atoms with Crippen LogP contribution in [0.1, 0.15) is 23.0 Å². The molecule has 0 unspecified atom stereocenters. The standard InChI is InChI=1S/C19H16N4O2S/c1-3-25-19(24)16-17(12-7-5-9-20-10-12)26-18(21-16)15-13-8-4-6-11(2)14(13)22-23-15/h4-10H,3H2,1-2H3,(H,22,23). The number of nitrogens with one attached hydrogen (secondary N) is 1. The van der Waals surface area contributed by atoms with Crippen molar-refractivity contribution in [3.63, 3.8) is 0 Å². The largest absolute Gasteiger partial charge is 0.461 e. The first kappa shape index (κ1) is 16.4. The molecule has 6 nitrogen and oxygen atoms in total. The molecule has 0 radical (unpaired) electrons. The fourth-order valence-electron chi connectivity index (χ4n) is 2.80. The van der Waals surface area contributed by atoms with Gasteiger partial charge in [-0.15, -0.1) is 11.3 Å². The van der Waals surface area contributed by atoms with Gasteiger partial charge in [-0.1, -0.05) is 24.3 Å². The van der Waals surface area contributed by atoms with E-state index in [4.69, 9.17) is 4.74 Å². The zero-order valence-corrected chi connectivity index (χ0v) is 15.1. The number of aromatic nitrogens is 4. The van der Waals surface area contributed by atoms with Crippen molar-refractivity contribution in [2.24, 2.45) is 0 Å². The summed E-state index contributed by atoms with van der Waals surface area (Å²) < 4.78 is 5.18. The topological polar surface area (TPSA) is 80.8 Å². The molecule has 0 spiro atoms. The van der Waals surface area contributed by atoms with Crippen LogP contribution in [0.2, 0.25) is 0 Å². The van der Waals surface area contributed by atoms with E-state index in [1.165, 1.54) is 11.3 Å². The SMILES string of the molecule is CCOC(=O)c1nc(-c2n[nH]c3c(C)cccc23)sc1-c1cccnc1. The molecule has 0 fully saturated rings. The number of nitrogens with zero attached hydrogens (tertiary/aromatic N) is 3. The third-order valence-corrected chi connectivity index (χ3v) is 5.14. The van der Waals surface area contributed by atoms with Gasteiger partial charge in [0.25, 0.3) is 0 Å². The predicted octanol–water partition coefficient (Wildman–Crippen LogP) is 4.23. The summed E-state index contributed by atoms with van der Waals surface area (Å²) in [7, 11) is 0. The molecule has 0 bridgehead atoms. The summed E-state index contributed by atoms with van der Waals surface area (Å²) in [5, 5.41) is 9.15. The highest BCUT2D eigenvalue weighted by Crippen LogP contribution is 2.37. The number of H-pyrrole nitrogens is 1. The minimum Gasteiger partial charge on any atom is -0.461 e. The summed E-state index contributed by atoms with van der Waals surface area (Å²) in [5.74, 6) is -0.440. The minimum atomic E-state index is -0.440. The lowest BCUT2D eigenvalue weighted by molar-refractivity contribution is 0.0521. The Bertz CT molecular complexity index is 1090. The van der Waals surface area contributed by atoms with Gasteiger partial charge in [0.05, 0.1) is 17.0 Å². The van der Waals surface area contributed by atoms with Crippen molar-refractivity contribution in [1.29, 1.82) is 0 Å². The van der Waals surface area contributed by atoms with Crippen LogP contribution in [0.4, 0.5) is 0 Å². The van der Waals surface area contributed by atoms with Crippen molar-refractivity contribution in [2.45, 2.75) is 13.8 Å². The van der Waals surface area contributed by atoms with Gasteiger partial charge in [0.2, 0.25) is 0 Å². The number of para-hydroxylation sites is 1. The van der Waals surface area contributed by atoms with Crippen molar-refractivity contribution in [3.05, 3.63) is 54.0 Å². The molecule has 4 rings (SSSR count). The molecule has 0 aliphatic carbocycles. The number of hydrogen-bond acceptors (Lipinski definition) is 6. The molecule has 26 heavy (non-hydrogen) atoms. The van der Waals surface area contributed by atoms with Crippen LogP contribution in [0.3, 0.4) is 0 Å². The van der Waals surface area contributed by atoms with E-state index in [0.717, 1.165) is 32.6 Å². The highest BCUT2D eigenvalue weighted by atomic mass is 32.1. The average Bonchev–Trinajstić information content (AvgIpc) is 3.27. The summed E-state index contributed by atoms with van der Waals surface area (Å²) in [5.41, 5.74) is 3.93. The van der Waals surface area contributed by atoms with Gasteiger partial charge in [0.15, 0.2) is 5.69 Å². The average molecular weight is 364 g/mol. The number of aryl methyl sites for hydroxylation is 1. The number of rotatable bonds is 4. The molecule has 1 N–H and O–H groups in total. The quantitative estimate of drug-likeness (QED) is 0.548. The van der Waals surface area contributed by atoms with Gasteiger partial charge >= 0.3 is 5.97 Å². The van der Waals surface area contributed by atoms with E-state index in [2.05, 4.69) is 20.2 Å². The second kappa shape index (κ2) is 6.68. The number of aromatic amines is 1. The van der Waals surface area contributed by atoms with Crippen molar-refractivity contribution < 1.29 is 9.53 Å². The molecule has 0 aliphatic heterocycles. The van der Waals surface area contributed by atoms with Gasteiger partial charge in [-0.3, -0.25) is 10.1 Å². The molecule has 3 aromatic heterocycles. The Morgan fingerprint density at radius 3 is 2.92 bits per heavy atom. The minimum absolute atomic E-state index is 0.294.